The minimum absolute atomic E-state index is 0.335. The van der Waals surface area contributed by atoms with Gasteiger partial charge in [-0.05, 0) is 18.6 Å². The number of hydrogen-bond donors (Lipinski definition) is 2. The van der Waals surface area contributed by atoms with Crippen LogP contribution in [0.15, 0.2) is 18.3 Å². The van der Waals surface area contributed by atoms with Crippen LogP contribution in [0.3, 0.4) is 0 Å². The van der Waals surface area contributed by atoms with Crippen molar-refractivity contribution in [1.82, 2.24) is 4.98 Å². The molecule has 13 heavy (non-hydrogen) atoms. The molecular weight excluding hydrogens is 182 g/mol. The first-order valence-electron chi connectivity index (χ1n) is 4.23. The van der Waals surface area contributed by atoms with Crippen LogP contribution in [0.2, 0.25) is 0 Å². The Kier molecular flexibility index (Phi) is 3.64. The summed E-state index contributed by atoms with van der Waals surface area (Å²) in [6.45, 7) is 3.07. The van der Waals surface area contributed by atoms with E-state index in [1.165, 1.54) is 0 Å². The third-order valence-electron chi connectivity index (χ3n) is 1.60. The Bertz CT molecular complexity index is 281. The lowest BCUT2D eigenvalue weighted by molar-refractivity contribution is 0.977. The van der Waals surface area contributed by atoms with Crippen LogP contribution >= 0.6 is 12.2 Å². The van der Waals surface area contributed by atoms with Gasteiger partial charge in [-0.1, -0.05) is 19.1 Å². The Morgan fingerprint density at radius 3 is 2.85 bits per heavy atom. The van der Waals surface area contributed by atoms with Gasteiger partial charge in [0.05, 0.1) is 17.6 Å². The fraction of sp³-hybridized carbons (Fsp3) is 0.333. The van der Waals surface area contributed by atoms with Crippen LogP contribution in [0.4, 0.5) is 5.69 Å². The van der Waals surface area contributed by atoms with E-state index in [0.717, 1.165) is 18.7 Å². The van der Waals surface area contributed by atoms with Crippen molar-refractivity contribution in [2.24, 2.45) is 5.73 Å². The molecule has 70 valence electrons. The molecule has 0 aliphatic rings. The third kappa shape index (κ3) is 2.99. The number of nitrogens with two attached hydrogens (primary N) is 1. The molecule has 1 heterocycles. The minimum Gasteiger partial charge on any atom is -0.388 e. The normalized spacial score (nSPS) is 9.62. The maximum absolute atomic E-state index is 5.41. The average Bonchev–Trinajstić information content (AvgIpc) is 2.15. The number of thiocarbonyl (C=S) groups is 1. The second-order valence-corrected chi connectivity index (χ2v) is 3.16. The fourth-order valence-electron chi connectivity index (χ4n) is 0.914. The van der Waals surface area contributed by atoms with Crippen LogP contribution in [0.1, 0.15) is 19.0 Å². The van der Waals surface area contributed by atoms with Crippen LogP contribution in [-0.2, 0) is 0 Å². The molecule has 4 heteroatoms. The van der Waals surface area contributed by atoms with Crippen molar-refractivity contribution in [1.29, 1.82) is 0 Å². The zero-order valence-corrected chi connectivity index (χ0v) is 8.40. The number of aromatic nitrogens is 1. The lowest BCUT2D eigenvalue weighted by atomic mass is 10.3. The molecule has 3 nitrogen and oxygen atoms in total. The van der Waals surface area contributed by atoms with Gasteiger partial charge in [-0.3, -0.25) is 4.98 Å². The fourth-order valence-corrected chi connectivity index (χ4v) is 1.03. The van der Waals surface area contributed by atoms with Gasteiger partial charge < -0.3 is 11.1 Å². The molecule has 0 unspecified atom stereocenters. The van der Waals surface area contributed by atoms with E-state index in [-0.39, 0.29) is 0 Å². The Balaban J connectivity index is 2.64. The quantitative estimate of drug-likeness (QED) is 0.715. The van der Waals surface area contributed by atoms with E-state index in [4.69, 9.17) is 18.0 Å². The molecule has 0 spiro atoms. The first-order chi connectivity index (χ1) is 6.24. The van der Waals surface area contributed by atoms with Gasteiger partial charge in [-0.2, -0.15) is 0 Å². The first-order valence-corrected chi connectivity index (χ1v) is 4.64. The number of nitrogens with one attached hydrogen (secondary N) is 1. The van der Waals surface area contributed by atoms with Gasteiger partial charge in [0.15, 0.2) is 0 Å². The predicted molar refractivity (Wildman–Crippen MR) is 58.9 cm³/mol. The smallest absolute Gasteiger partial charge is 0.122 e. The van der Waals surface area contributed by atoms with Gasteiger partial charge in [0.25, 0.3) is 0 Å². The summed E-state index contributed by atoms with van der Waals surface area (Å²) < 4.78 is 0. The molecule has 0 saturated heterocycles. The summed E-state index contributed by atoms with van der Waals surface area (Å²) in [5, 5.41) is 3.21. The Labute approximate surface area is 83.4 Å². The van der Waals surface area contributed by atoms with Crippen LogP contribution in [0.25, 0.3) is 0 Å². The van der Waals surface area contributed by atoms with Crippen molar-refractivity contribution < 1.29 is 0 Å². The lowest BCUT2D eigenvalue weighted by Crippen LogP contribution is -2.11. The van der Waals surface area contributed by atoms with E-state index < -0.39 is 0 Å². The van der Waals surface area contributed by atoms with E-state index in [2.05, 4.69) is 17.2 Å². The van der Waals surface area contributed by atoms with Crippen molar-refractivity contribution in [2.75, 3.05) is 11.9 Å². The zero-order chi connectivity index (χ0) is 9.68. The SMILES string of the molecule is CCCNc1ccc(C(N)=S)nc1. The zero-order valence-electron chi connectivity index (χ0n) is 7.58. The molecule has 0 radical (unpaired) electrons. The molecule has 0 atom stereocenters. The number of hydrogen-bond acceptors (Lipinski definition) is 3. The predicted octanol–water partition coefficient (Wildman–Crippen LogP) is 1.54. The van der Waals surface area contributed by atoms with Crippen molar-refractivity contribution in [3.8, 4) is 0 Å². The monoisotopic (exact) mass is 195 g/mol. The van der Waals surface area contributed by atoms with E-state index in [1.54, 1.807) is 6.20 Å². The van der Waals surface area contributed by atoms with Crippen LogP contribution in [-0.4, -0.2) is 16.5 Å². The molecule has 0 fully saturated rings. The van der Waals surface area contributed by atoms with Crippen molar-refractivity contribution in [2.45, 2.75) is 13.3 Å². The van der Waals surface area contributed by atoms with Gasteiger partial charge in [-0.15, -0.1) is 0 Å². The molecule has 0 bridgehead atoms. The molecule has 1 aromatic rings. The van der Waals surface area contributed by atoms with E-state index in [9.17, 15) is 0 Å². The van der Waals surface area contributed by atoms with E-state index >= 15 is 0 Å². The van der Waals surface area contributed by atoms with Gasteiger partial charge in [0.1, 0.15) is 4.99 Å². The summed E-state index contributed by atoms with van der Waals surface area (Å²) in [6, 6.07) is 3.75. The van der Waals surface area contributed by atoms with Crippen molar-refractivity contribution >= 4 is 22.9 Å². The molecule has 0 aromatic carbocycles. The summed E-state index contributed by atoms with van der Waals surface area (Å²) in [4.78, 5) is 4.44. The maximum Gasteiger partial charge on any atom is 0.122 e. The van der Waals surface area contributed by atoms with Crippen molar-refractivity contribution in [3.05, 3.63) is 24.0 Å². The molecule has 0 saturated carbocycles. The Morgan fingerprint density at radius 2 is 2.38 bits per heavy atom. The molecule has 1 rings (SSSR count). The van der Waals surface area contributed by atoms with E-state index in [0.29, 0.717) is 10.7 Å². The minimum atomic E-state index is 0.335. The summed E-state index contributed by atoms with van der Waals surface area (Å²) in [7, 11) is 0. The van der Waals surface area contributed by atoms with Gasteiger partial charge >= 0.3 is 0 Å². The summed E-state index contributed by atoms with van der Waals surface area (Å²) in [5.41, 5.74) is 7.08. The highest BCUT2D eigenvalue weighted by atomic mass is 32.1. The van der Waals surface area contributed by atoms with Gasteiger partial charge in [0, 0.05) is 6.54 Å². The van der Waals surface area contributed by atoms with Crippen LogP contribution in [0.5, 0.6) is 0 Å². The largest absolute Gasteiger partial charge is 0.388 e. The number of anilines is 1. The summed E-state index contributed by atoms with van der Waals surface area (Å²) in [6.07, 6.45) is 2.83. The number of pyridine rings is 1. The second kappa shape index (κ2) is 4.77. The molecular formula is C9H13N3S. The third-order valence-corrected chi connectivity index (χ3v) is 1.80. The molecule has 3 N–H and O–H groups in total. The first kappa shape index (κ1) is 9.92. The van der Waals surface area contributed by atoms with Crippen LogP contribution < -0.4 is 11.1 Å². The number of nitrogens with zero attached hydrogens (tertiary/aromatic N) is 1. The standard InChI is InChI=1S/C9H13N3S/c1-2-5-11-7-3-4-8(9(10)13)12-6-7/h3-4,6,11H,2,5H2,1H3,(H2,10,13). The van der Waals surface area contributed by atoms with Crippen LogP contribution in [0, 0.1) is 0 Å². The van der Waals surface area contributed by atoms with E-state index in [1.807, 2.05) is 12.1 Å². The highest BCUT2D eigenvalue weighted by Crippen LogP contribution is 2.05. The Morgan fingerprint density at radius 1 is 1.62 bits per heavy atom. The molecule has 1 aromatic heterocycles. The molecule has 0 amide bonds. The number of rotatable bonds is 4. The maximum atomic E-state index is 5.41. The average molecular weight is 195 g/mol. The summed E-state index contributed by atoms with van der Waals surface area (Å²) >= 11 is 4.79. The highest BCUT2D eigenvalue weighted by Gasteiger charge is 1.96. The highest BCUT2D eigenvalue weighted by molar-refractivity contribution is 7.80. The lowest BCUT2D eigenvalue weighted by Gasteiger charge is -2.04. The molecule has 0 aliphatic carbocycles. The Hall–Kier alpha value is -1.16. The second-order valence-electron chi connectivity index (χ2n) is 2.72. The van der Waals surface area contributed by atoms with Gasteiger partial charge in [-0.25, -0.2) is 0 Å². The van der Waals surface area contributed by atoms with Gasteiger partial charge in [0.2, 0.25) is 0 Å². The summed E-state index contributed by atoms with van der Waals surface area (Å²) in [5.74, 6) is 0. The topological polar surface area (TPSA) is 50.9 Å². The van der Waals surface area contributed by atoms with Crippen molar-refractivity contribution in [3.63, 3.8) is 0 Å². The molecule has 0 aliphatic heterocycles.